The van der Waals surface area contributed by atoms with Gasteiger partial charge in [-0.25, -0.2) is 9.59 Å². The van der Waals surface area contributed by atoms with Crippen molar-refractivity contribution in [2.24, 2.45) is 40.4 Å². The number of carbonyl (C=O) groups excluding carboxylic acids is 2. The van der Waals surface area contributed by atoms with Gasteiger partial charge >= 0.3 is 11.9 Å². The van der Waals surface area contributed by atoms with Gasteiger partial charge in [0.1, 0.15) is 17.8 Å². The summed E-state index contributed by atoms with van der Waals surface area (Å²) in [6.45, 7) is 4.90. The number of ether oxygens (including phenoxy) is 3. The summed E-state index contributed by atoms with van der Waals surface area (Å²) in [7, 11) is 0. The first kappa shape index (κ1) is 24.2. The van der Waals surface area contributed by atoms with Crippen LogP contribution in [-0.2, 0) is 14.2 Å². The van der Waals surface area contributed by atoms with E-state index in [9.17, 15) is 9.59 Å². The Hall–Kier alpha value is -2.66. The number of fused-ring (bicyclic) bond motifs is 6. The van der Waals surface area contributed by atoms with Gasteiger partial charge in [-0.1, -0.05) is 50.2 Å². The van der Waals surface area contributed by atoms with Gasteiger partial charge in [0.15, 0.2) is 0 Å². The number of epoxide rings is 1. The van der Waals surface area contributed by atoms with Crippen molar-refractivity contribution < 1.29 is 23.8 Å². The molecule has 2 aromatic rings. The van der Waals surface area contributed by atoms with Crippen LogP contribution in [0.15, 0.2) is 60.7 Å². The maximum atomic E-state index is 13.1. The Morgan fingerprint density at radius 1 is 0.795 bits per heavy atom. The molecule has 0 radical (unpaired) electrons. The summed E-state index contributed by atoms with van der Waals surface area (Å²) in [6, 6.07) is 18.8. The molecule has 5 aliphatic carbocycles. The topological polar surface area (TPSA) is 65.1 Å². The van der Waals surface area contributed by atoms with Crippen molar-refractivity contribution in [3.05, 3.63) is 71.8 Å². The van der Waals surface area contributed by atoms with Gasteiger partial charge in [0.25, 0.3) is 0 Å². The average Bonchev–Trinajstić information content (AvgIpc) is 3.86. The molecule has 204 valence electrons. The molecular weight excluding hydrogens is 488 g/mol. The Morgan fingerprint density at radius 3 is 2.15 bits per heavy atom. The van der Waals surface area contributed by atoms with E-state index in [1.807, 2.05) is 60.7 Å². The van der Waals surface area contributed by atoms with Crippen LogP contribution in [0.5, 0.6) is 0 Å². The van der Waals surface area contributed by atoms with Crippen molar-refractivity contribution in [2.45, 2.75) is 82.7 Å². The highest BCUT2D eigenvalue weighted by Gasteiger charge is 2.79. The SMILES string of the molecule is C[C@]12CC[C@H]3[C@@H](C[C@H]4O[C@]45C[C@@H](OC(=O)c4ccccc4)CC[C@]35C)[C@@H]1[C@@H]1C[C@@H]1[C@@H]2OC(=O)c1ccccc1. The molecule has 39 heavy (non-hydrogen) atoms. The molecule has 0 aromatic heterocycles. The van der Waals surface area contributed by atoms with Crippen molar-refractivity contribution in [2.75, 3.05) is 0 Å². The Labute approximate surface area is 230 Å². The van der Waals surface area contributed by atoms with Crippen LogP contribution in [0.1, 0.15) is 79.5 Å². The second-order valence-corrected chi connectivity index (χ2v) is 13.9. The Morgan fingerprint density at radius 2 is 1.46 bits per heavy atom. The number of rotatable bonds is 4. The van der Waals surface area contributed by atoms with E-state index in [2.05, 4.69) is 13.8 Å². The smallest absolute Gasteiger partial charge is 0.338 e. The molecule has 1 aliphatic heterocycles. The third-order valence-electron chi connectivity index (χ3n) is 12.3. The first-order valence-corrected chi connectivity index (χ1v) is 15.0. The summed E-state index contributed by atoms with van der Waals surface area (Å²) in [6.07, 6.45) is 7.54. The predicted molar refractivity (Wildman–Crippen MR) is 145 cm³/mol. The van der Waals surface area contributed by atoms with Gasteiger partial charge in [-0.05, 0) is 92.4 Å². The molecule has 0 N–H and O–H groups in total. The van der Waals surface area contributed by atoms with Crippen LogP contribution in [0.3, 0.4) is 0 Å². The Balaban J connectivity index is 1.01. The van der Waals surface area contributed by atoms with Crippen LogP contribution in [0, 0.1) is 40.4 Å². The fourth-order valence-corrected chi connectivity index (χ4v) is 10.4. The first-order valence-electron chi connectivity index (χ1n) is 15.0. The molecular formula is C34H38O5. The summed E-state index contributed by atoms with van der Waals surface area (Å²) >= 11 is 0. The number of benzene rings is 2. The highest BCUT2D eigenvalue weighted by molar-refractivity contribution is 5.90. The van der Waals surface area contributed by atoms with Gasteiger partial charge in [0.05, 0.1) is 17.2 Å². The van der Waals surface area contributed by atoms with E-state index in [1.165, 1.54) is 12.8 Å². The van der Waals surface area contributed by atoms with Gasteiger partial charge < -0.3 is 14.2 Å². The lowest BCUT2D eigenvalue weighted by Gasteiger charge is -2.59. The largest absolute Gasteiger partial charge is 0.459 e. The molecule has 0 bridgehead atoms. The molecule has 0 amide bonds. The summed E-state index contributed by atoms with van der Waals surface area (Å²) in [4.78, 5) is 25.9. The Bertz CT molecular complexity index is 1310. The normalized spacial score (nSPS) is 46.4. The quantitative estimate of drug-likeness (QED) is 0.338. The van der Waals surface area contributed by atoms with Crippen molar-refractivity contribution in [1.29, 1.82) is 0 Å². The lowest BCUT2D eigenvalue weighted by atomic mass is 9.44. The minimum absolute atomic E-state index is 0.0221. The van der Waals surface area contributed by atoms with Gasteiger partial charge in [-0.2, -0.15) is 0 Å². The molecule has 5 saturated carbocycles. The molecule has 5 nitrogen and oxygen atoms in total. The third kappa shape index (κ3) is 3.35. The van der Waals surface area contributed by atoms with Gasteiger partial charge in [0, 0.05) is 17.3 Å². The zero-order valence-corrected chi connectivity index (χ0v) is 22.9. The van der Waals surface area contributed by atoms with E-state index in [4.69, 9.17) is 14.2 Å². The van der Waals surface area contributed by atoms with Crippen molar-refractivity contribution in [3.63, 3.8) is 0 Å². The van der Waals surface area contributed by atoms with Crippen LogP contribution >= 0.6 is 0 Å². The van der Waals surface area contributed by atoms with Gasteiger partial charge in [0.2, 0.25) is 0 Å². The van der Waals surface area contributed by atoms with E-state index in [1.54, 1.807) is 0 Å². The van der Waals surface area contributed by atoms with Crippen LogP contribution in [0.4, 0.5) is 0 Å². The fraction of sp³-hybridized carbons (Fsp3) is 0.588. The first-order chi connectivity index (χ1) is 18.8. The summed E-state index contributed by atoms with van der Waals surface area (Å²) < 4.78 is 19.1. The molecule has 6 fully saturated rings. The number of hydrogen-bond donors (Lipinski definition) is 0. The second kappa shape index (κ2) is 8.19. The molecule has 1 spiro atoms. The second-order valence-electron chi connectivity index (χ2n) is 13.9. The van der Waals surface area contributed by atoms with E-state index < -0.39 is 0 Å². The highest BCUT2D eigenvalue weighted by atomic mass is 16.6. The molecule has 1 saturated heterocycles. The molecule has 6 aliphatic rings. The number of esters is 2. The van der Waals surface area contributed by atoms with Gasteiger partial charge in [-0.3, -0.25) is 0 Å². The number of hydrogen-bond acceptors (Lipinski definition) is 5. The summed E-state index contributed by atoms with van der Waals surface area (Å²) in [5, 5.41) is 0. The van der Waals surface area contributed by atoms with Crippen molar-refractivity contribution >= 4 is 11.9 Å². The monoisotopic (exact) mass is 526 g/mol. The predicted octanol–water partition coefficient (Wildman–Crippen LogP) is 6.47. The maximum Gasteiger partial charge on any atom is 0.338 e. The van der Waals surface area contributed by atoms with Crippen LogP contribution in [-0.4, -0.2) is 35.9 Å². The summed E-state index contributed by atoms with van der Waals surface area (Å²) in [5.74, 6) is 2.63. The number of carbonyl (C=O) groups is 2. The third-order valence-corrected chi connectivity index (χ3v) is 12.3. The molecule has 0 unspecified atom stereocenters. The Kier molecular flexibility index (Phi) is 5.07. The zero-order chi connectivity index (χ0) is 26.6. The van der Waals surface area contributed by atoms with E-state index in [0.29, 0.717) is 40.7 Å². The van der Waals surface area contributed by atoms with E-state index in [0.717, 1.165) is 32.1 Å². The van der Waals surface area contributed by atoms with Gasteiger partial charge in [-0.15, -0.1) is 0 Å². The minimum Gasteiger partial charge on any atom is -0.459 e. The minimum atomic E-state index is -0.221. The highest BCUT2D eigenvalue weighted by Crippen LogP contribution is 2.78. The fourth-order valence-electron chi connectivity index (χ4n) is 10.4. The van der Waals surface area contributed by atoms with E-state index >= 15 is 0 Å². The molecule has 2 aromatic carbocycles. The summed E-state index contributed by atoms with van der Waals surface area (Å²) in [5.41, 5.74) is 1.28. The van der Waals surface area contributed by atoms with Crippen LogP contribution < -0.4 is 0 Å². The van der Waals surface area contributed by atoms with Crippen molar-refractivity contribution in [3.8, 4) is 0 Å². The average molecular weight is 527 g/mol. The van der Waals surface area contributed by atoms with Crippen molar-refractivity contribution in [1.82, 2.24) is 0 Å². The lowest BCUT2D eigenvalue weighted by Crippen LogP contribution is -2.59. The molecule has 5 heteroatoms. The maximum absolute atomic E-state index is 13.1. The standard InChI is InChI=1S/C34H38O5/c1-32-15-14-26-25(28(32)23-17-24(23)29(32)38-31(36)21-11-7-4-8-12-21)18-27-34(39-27)19-22(13-16-33(26,34)2)37-30(35)20-9-5-3-6-10-20/h3-12,22-29H,13-19H2,1-2H3/t22-,23+,24-,25+,26-,27+,28-,29-,32-,33+,34+/m0/s1. The lowest BCUT2D eigenvalue weighted by molar-refractivity contribution is -0.133. The van der Waals surface area contributed by atoms with Crippen LogP contribution in [0.2, 0.25) is 0 Å². The molecule has 8 rings (SSSR count). The van der Waals surface area contributed by atoms with Crippen LogP contribution in [0.25, 0.3) is 0 Å². The van der Waals surface area contributed by atoms with E-state index in [-0.39, 0.29) is 46.7 Å². The molecule has 1 heterocycles. The molecule has 11 atom stereocenters. The zero-order valence-electron chi connectivity index (χ0n) is 22.9.